The number of rotatable bonds is 7. The third-order valence-corrected chi connectivity index (χ3v) is 5.84. The third-order valence-electron chi connectivity index (χ3n) is 5.35. The first kappa shape index (κ1) is 23.0. The lowest BCUT2D eigenvalue weighted by Crippen LogP contribution is -2.28. The third kappa shape index (κ3) is 4.52. The topological polar surface area (TPSA) is 60.8 Å². The molecule has 1 amide bonds. The van der Waals surface area contributed by atoms with Gasteiger partial charge in [-0.25, -0.2) is 4.79 Å². The number of hydrogen-bond acceptors (Lipinski definition) is 4. The molecular formula is C24H27BrN2O4. The van der Waals surface area contributed by atoms with Crippen molar-refractivity contribution >= 4 is 33.9 Å². The predicted molar refractivity (Wildman–Crippen MR) is 124 cm³/mol. The van der Waals surface area contributed by atoms with E-state index in [1.165, 1.54) is 0 Å². The maximum Gasteiger partial charge on any atom is 0.340 e. The van der Waals surface area contributed by atoms with E-state index < -0.39 is 5.97 Å². The van der Waals surface area contributed by atoms with Crippen LogP contribution in [0.25, 0.3) is 11.8 Å². The number of hydrogen-bond donors (Lipinski definition) is 0. The van der Waals surface area contributed by atoms with Crippen molar-refractivity contribution in [1.29, 1.82) is 0 Å². The highest BCUT2D eigenvalue weighted by Crippen LogP contribution is 2.33. The Labute approximate surface area is 191 Å². The number of carbonyl (C=O) groups excluding carboxylic acids is 2. The van der Waals surface area contributed by atoms with Crippen molar-refractivity contribution in [3.8, 4) is 5.69 Å². The second-order valence-corrected chi connectivity index (χ2v) is 8.25. The standard InChI is InChI=1S/C24H27BrN2O4/c1-6-31-24(29)22-17(4)26(10-11-30-5)23(28)21(22)13-18-12-15(2)27(16(18)3)20-9-7-8-19(25)14-20/h7-9,12-14H,6,10-11H2,1-5H3. The van der Waals surface area contributed by atoms with Gasteiger partial charge in [-0.15, -0.1) is 0 Å². The van der Waals surface area contributed by atoms with Crippen LogP contribution in [0.2, 0.25) is 0 Å². The average Bonchev–Trinajstić information content (AvgIpc) is 3.13. The Morgan fingerprint density at radius 2 is 1.94 bits per heavy atom. The zero-order valence-corrected chi connectivity index (χ0v) is 20.1. The maximum absolute atomic E-state index is 13.2. The van der Waals surface area contributed by atoms with E-state index in [1.807, 2.05) is 44.2 Å². The van der Waals surface area contributed by atoms with Crippen LogP contribution in [0, 0.1) is 13.8 Å². The van der Waals surface area contributed by atoms with Gasteiger partial charge in [0.15, 0.2) is 0 Å². The number of aryl methyl sites for hydroxylation is 1. The second-order valence-electron chi connectivity index (χ2n) is 7.33. The van der Waals surface area contributed by atoms with Crippen LogP contribution in [-0.2, 0) is 19.1 Å². The molecule has 7 heteroatoms. The van der Waals surface area contributed by atoms with Crippen LogP contribution >= 0.6 is 15.9 Å². The number of ether oxygens (including phenoxy) is 2. The van der Waals surface area contributed by atoms with Crippen LogP contribution in [0.3, 0.4) is 0 Å². The molecule has 0 spiro atoms. The Morgan fingerprint density at radius 1 is 1.19 bits per heavy atom. The number of halogens is 1. The summed E-state index contributed by atoms with van der Waals surface area (Å²) in [5, 5.41) is 0. The molecule has 1 aliphatic rings. The zero-order chi connectivity index (χ0) is 22.7. The van der Waals surface area contributed by atoms with E-state index in [1.54, 1.807) is 31.9 Å². The minimum absolute atomic E-state index is 0.218. The first-order chi connectivity index (χ1) is 14.8. The van der Waals surface area contributed by atoms with Gasteiger partial charge < -0.3 is 18.9 Å². The molecule has 1 aliphatic heterocycles. The molecule has 6 nitrogen and oxygen atoms in total. The Kier molecular flexibility index (Phi) is 7.18. The van der Waals surface area contributed by atoms with Gasteiger partial charge in [-0.05, 0) is 63.6 Å². The summed E-state index contributed by atoms with van der Waals surface area (Å²) in [6.07, 6.45) is 1.79. The lowest BCUT2D eigenvalue weighted by Gasteiger charge is -2.16. The molecule has 164 valence electrons. The Bertz CT molecular complexity index is 1080. The van der Waals surface area contributed by atoms with Crippen LogP contribution in [0.4, 0.5) is 0 Å². The van der Waals surface area contributed by atoms with E-state index in [0.717, 1.165) is 27.1 Å². The van der Waals surface area contributed by atoms with Crippen LogP contribution in [0.15, 0.2) is 51.6 Å². The summed E-state index contributed by atoms with van der Waals surface area (Å²) in [6, 6.07) is 10.1. The van der Waals surface area contributed by atoms with E-state index >= 15 is 0 Å². The van der Waals surface area contributed by atoms with Crippen molar-refractivity contribution in [1.82, 2.24) is 9.47 Å². The SMILES string of the molecule is CCOC(=O)C1=C(C)N(CCOC)C(=O)C1=Cc1cc(C)n(-c2cccc(Br)c2)c1C. The van der Waals surface area contributed by atoms with E-state index in [2.05, 4.69) is 20.5 Å². The van der Waals surface area contributed by atoms with Gasteiger partial charge in [0.25, 0.3) is 5.91 Å². The summed E-state index contributed by atoms with van der Waals surface area (Å²) in [5.41, 5.74) is 5.16. The molecule has 1 aromatic carbocycles. The van der Waals surface area contributed by atoms with Gasteiger partial charge in [0, 0.05) is 40.9 Å². The minimum atomic E-state index is -0.486. The van der Waals surface area contributed by atoms with Gasteiger partial charge in [0.1, 0.15) is 0 Å². The smallest absolute Gasteiger partial charge is 0.340 e. The first-order valence-corrected chi connectivity index (χ1v) is 10.9. The van der Waals surface area contributed by atoms with Crippen LogP contribution in [0.5, 0.6) is 0 Å². The van der Waals surface area contributed by atoms with E-state index in [4.69, 9.17) is 9.47 Å². The van der Waals surface area contributed by atoms with E-state index in [-0.39, 0.29) is 12.5 Å². The molecule has 0 unspecified atom stereocenters. The van der Waals surface area contributed by atoms with Crippen LogP contribution in [-0.4, -0.2) is 48.2 Å². The highest BCUT2D eigenvalue weighted by Gasteiger charge is 2.37. The highest BCUT2D eigenvalue weighted by molar-refractivity contribution is 9.10. The fourth-order valence-electron chi connectivity index (χ4n) is 3.88. The summed E-state index contributed by atoms with van der Waals surface area (Å²) < 4.78 is 13.5. The number of amides is 1. The molecule has 0 saturated carbocycles. The molecule has 0 radical (unpaired) electrons. The predicted octanol–water partition coefficient (Wildman–Crippen LogP) is 4.57. The Morgan fingerprint density at radius 3 is 2.58 bits per heavy atom. The quantitative estimate of drug-likeness (QED) is 0.424. The van der Waals surface area contributed by atoms with Crippen LogP contribution < -0.4 is 0 Å². The number of methoxy groups -OCH3 is 1. The first-order valence-electron chi connectivity index (χ1n) is 10.2. The number of aromatic nitrogens is 1. The molecule has 0 aliphatic carbocycles. The van der Waals surface area contributed by atoms with Crippen molar-refractivity contribution in [3.05, 3.63) is 68.6 Å². The number of nitrogens with zero attached hydrogens (tertiary/aromatic N) is 2. The van der Waals surface area contributed by atoms with Gasteiger partial charge in [-0.2, -0.15) is 0 Å². The van der Waals surface area contributed by atoms with Crippen molar-refractivity contribution in [2.45, 2.75) is 27.7 Å². The Hall–Kier alpha value is -2.64. The van der Waals surface area contributed by atoms with Gasteiger partial charge in [-0.3, -0.25) is 4.79 Å². The number of benzene rings is 1. The fourth-order valence-corrected chi connectivity index (χ4v) is 4.27. The number of esters is 1. The summed E-state index contributed by atoms with van der Waals surface area (Å²) in [5.74, 6) is -0.704. The Balaban J connectivity index is 2.10. The molecule has 0 bridgehead atoms. The van der Waals surface area contributed by atoms with Gasteiger partial charge in [0.05, 0.1) is 24.4 Å². The molecule has 0 atom stereocenters. The summed E-state index contributed by atoms with van der Waals surface area (Å²) in [7, 11) is 1.58. The zero-order valence-electron chi connectivity index (χ0n) is 18.5. The molecule has 3 rings (SSSR count). The van der Waals surface area contributed by atoms with E-state index in [9.17, 15) is 9.59 Å². The van der Waals surface area contributed by atoms with Crippen molar-refractivity contribution in [2.75, 3.05) is 26.9 Å². The van der Waals surface area contributed by atoms with Gasteiger partial charge in [0.2, 0.25) is 0 Å². The average molecular weight is 487 g/mol. The van der Waals surface area contributed by atoms with E-state index in [0.29, 0.717) is 30.0 Å². The molecular weight excluding hydrogens is 460 g/mol. The fraction of sp³-hybridized carbons (Fsp3) is 0.333. The molecule has 2 heterocycles. The molecule has 31 heavy (non-hydrogen) atoms. The summed E-state index contributed by atoms with van der Waals surface area (Å²) >= 11 is 3.52. The van der Waals surface area contributed by atoms with Crippen molar-refractivity contribution in [2.24, 2.45) is 0 Å². The van der Waals surface area contributed by atoms with Gasteiger partial charge in [-0.1, -0.05) is 22.0 Å². The molecule has 1 aromatic heterocycles. The normalized spacial score (nSPS) is 15.4. The molecule has 0 N–H and O–H groups in total. The summed E-state index contributed by atoms with van der Waals surface area (Å²) in [6.45, 7) is 8.54. The molecule has 0 fully saturated rings. The lowest BCUT2D eigenvalue weighted by molar-refractivity contribution is -0.138. The lowest BCUT2D eigenvalue weighted by atomic mass is 10.0. The maximum atomic E-state index is 13.2. The highest BCUT2D eigenvalue weighted by atomic mass is 79.9. The largest absolute Gasteiger partial charge is 0.462 e. The number of allylic oxidation sites excluding steroid dienone is 1. The van der Waals surface area contributed by atoms with Crippen molar-refractivity contribution in [3.63, 3.8) is 0 Å². The molecule has 0 saturated heterocycles. The van der Waals surface area contributed by atoms with Crippen molar-refractivity contribution < 1.29 is 19.1 Å². The molecule has 2 aromatic rings. The summed E-state index contributed by atoms with van der Waals surface area (Å²) in [4.78, 5) is 27.5. The number of carbonyl (C=O) groups is 2. The minimum Gasteiger partial charge on any atom is -0.462 e. The second kappa shape index (κ2) is 9.66. The van der Waals surface area contributed by atoms with Gasteiger partial charge >= 0.3 is 5.97 Å². The monoisotopic (exact) mass is 486 g/mol. The van der Waals surface area contributed by atoms with Crippen LogP contribution in [0.1, 0.15) is 30.8 Å².